The molecule has 0 aliphatic heterocycles. The normalized spacial score (nSPS) is 16.6. The Morgan fingerprint density at radius 1 is 1.19 bits per heavy atom. The van der Waals surface area contributed by atoms with Crippen LogP contribution in [0.5, 0.6) is 0 Å². The first-order chi connectivity index (χ1) is 10.0. The van der Waals surface area contributed by atoms with Crippen molar-refractivity contribution in [2.45, 2.75) is 18.9 Å². The molecular formula is C16H13F2NO2. The number of aryl methyl sites for hydroxylation is 1. The van der Waals surface area contributed by atoms with Crippen LogP contribution in [0.2, 0.25) is 0 Å². The molecule has 2 aromatic carbocycles. The molecule has 108 valence electrons. The van der Waals surface area contributed by atoms with Crippen molar-refractivity contribution in [3.05, 3.63) is 59.2 Å². The average Bonchev–Trinajstić information content (AvgIpc) is 2.83. The lowest BCUT2D eigenvalue weighted by atomic mass is 9.99. The number of rotatable bonds is 2. The third-order valence-corrected chi connectivity index (χ3v) is 3.67. The Labute approximate surface area is 120 Å². The molecule has 0 bridgehead atoms. The predicted molar refractivity (Wildman–Crippen MR) is 73.5 cm³/mol. The van der Waals surface area contributed by atoms with Gasteiger partial charge >= 0.3 is 6.09 Å². The lowest BCUT2D eigenvalue weighted by Crippen LogP contribution is -2.15. The van der Waals surface area contributed by atoms with Crippen LogP contribution in [0.1, 0.15) is 23.7 Å². The molecule has 3 rings (SSSR count). The molecule has 0 aromatic heterocycles. The van der Waals surface area contributed by atoms with Gasteiger partial charge in [0.15, 0.2) is 0 Å². The molecule has 0 saturated heterocycles. The van der Waals surface area contributed by atoms with Crippen LogP contribution in [0.15, 0.2) is 36.4 Å². The number of ether oxygens (including phenoxy) is 1. The maximum absolute atomic E-state index is 13.8. The van der Waals surface area contributed by atoms with Crippen LogP contribution in [0.3, 0.4) is 0 Å². The lowest BCUT2D eigenvalue weighted by molar-refractivity contribution is 0.107. The molecular weight excluding hydrogens is 276 g/mol. The highest BCUT2D eigenvalue weighted by Crippen LogP contribution is 2.37. The molecule has 5 heteroatoms. The fourth-order valence-electron chi connectivity index (χ4n) is 2.71. The minimum Gasteiger partial charge on any atom is -0.441 e. The number of amides is 1. The molecule has 1 amide bonds. The minimum absolute atomic E-state index is 0.183. The summed E-state index contributed by atoms with van der Waals surface area (Å²) >= 11 is 0. The zero-order chi connectivity index (χ0) is 15.0. The first kappa shape index (κ1) is 13.5. The van der Waals surface area contributed by atoms with Crippen molar-refractivity contribution in [2.24, 2.45) is 5.73 Å². The van der Waals surface area contributed by atoms with E-state index in [1.807, 2.05) is 6.07 Å². The van der Waals surface area contributed by atoms with Gasteiger partial charge in [-0.1, -0.05) is 12.1 Å². The maximum atomic E-state index is 13.8. The molecule has 1 atom stereocenters. The molecule has 0 heterocycles. The first-order valence-corrected chi connectivity index (χ1v) is 6.59. The second-order valence-electron chi connectivity index (χ2n) is 5.00. The molecule has 21 heavy (non-hydrogen) atoms. The van der Waals surface area contributed by atoms with E-state index in [9.17, 15) is 13.6 Å². The largest absolute Gasteiger partial charge is 0.441 e. The van der Waals surface area contributed by atoms with Gasteiger partial charge in [0.1, 0.15) is 17.7 Å². The second kappa shape index (κ2) is 5.16. The van der Waals surface area contributed by atoms with E-state index in [1.54, 1.807) is 12.1 Å². The van der Waals surface area contributed by atoms with Crippen molar-refractivity contribution in [2.75, 3.05) is 0 Å². The van der Waals surface area contributed by atoms with Crippen molar-refractivity contribution >= 4 is 6.09 Å². The summed E-state index contributed by atoms with van der Waals surface area (Å²) in [7, 11) is 0. The Morgan fingerprint density at radius 2 is 2.00 bits per heavy atom. The monoisotopic (exact) mass is 289 g/mol. The van der Waals surface area contributed by atoms with Crippen molar-refractivity contribution in [3.8, 4) is 11.1 Å². The lowest BCUT2D eigenvalue weighted by Gasteiger charge is -2.13. The Hall–Kier alpha value is -2.43. The summed E-state index contributed by atoms with van der Waals surface area (Å²) in [4.78, 5) is 10.9. The van der Waals surface area contributed by atoms with E-state index in [1.165, 1.54) is 0 Å². The van der Waals surface area contributed by atoms with Gasteiger partial charge in [0, 0.05) is 5.56 Å². The van der Waals surface area contributed by atoms with E-state index in [-0.39, 0.29) is 5.56 Å². The Balaban J connectivity index is 2.03. The highest BCUT2D eigenvalue weighted by molar-refractivity contribution is 5.68. The highest BCUT2D eigenvalue weighted by atomic mass is 19.1. The van der Waals surface area contributed by atoms with E-state index in [4.69, 9.17) is 10.5 Å². The summed E-state index contributed by atoms with van der Waals surface area (Å²) < 4.78 is 32.2. The molecule has 1 aliphatic carbocycles. The van der Waals surface area contributed by atoms with Gasteiger partial charge < -0.3 is 10.5 Å². The van der Waals surface area contributed by atoms with Crippen LogP contribution in [0.25, 0.3) is 11.1 Å². The van der Waals surface area contributed by atoms with Gasteiger partial charge in [0.2, 0.25) is 0 Å². The molecule has 0 saturated carbocycles. The van der Waals surface area contributed by atoms with Crippen molar-refractivity contribution in [3.63, 3.8) is 0 Å². The van der Waals surface area contributed by atoms with E-state index >= 15 is 0 Å². The molecule has 0 radical (unpaired) electrons. The minimum atomic E-state index is -0.838. The standard InChI is InChI=1S/C16H13F2NO2/c17-11-4-5-14(18)12(8-11)10-2-1-9-3-6-15(13(9)7-10)21-16(19)20/h1-2,4-5,7-8,15H,3,6H2,(H2,19,20). The zero-order valence-electron chi connectivity index (χ0n) is 11.1. The SMILES string of the molecule is NC(=O)OC1CCc2ccc(-c3cc(F)ccc3F)cc21. The molecule has 1 aliphatic rings. The quantitative estimate of drug-likeness (QED) is 0.916. The van der Waals surface area contributed by atoms with Crippen LogP contribution in [-0.4, -0.2) is 6.09 Å². The Kier molecular flexibility index (Phi) is 3.33. The smallest absolute Gasteiger partial charge is 0.405 e. The summed E-state index contributed by atoms with van der Waals surface area (Å²) in [6.45, 7) is 0. The van der Waals surface area contributed by atoms with E-state index < -0.39 is 23.8 Å². The topological polar surface area (TPSA) is 52.3 Å². The van der Waals surface area contributed by atoms with Crippen LogP contribution >= 0.6 is 0 Å². The fourth-order valence-corrected chi connectivity index (χ4v) is 2.71. The maximum Gasteiger partial charge on any atom is 0.405 e. The number of nitrogens with two attached hydrogens (primary N) is 1. The Bertz CT molecular complexity index is 715. The fraction of sp³-hybridized carbons (Fsp3) is 0.188. The van der Waals surface area contributed by atoms with E-state index in [2.05, 4.69) is 0 Å². The van der Waals surface area contributed by atoms with Gasteiger partial charge in [-0.15, -0.1) is 0 Å². The van der Waals surface area contributed by atoms with Gasteiger partial charge in [0.25, 0.3) is 0 Å². The zero-order valence-corrected chi connectivity index (χ0v) is 11.1. The first-order valence-electron chi connectivity index (χ1n) is 6.59. The van der Waals surface area contributed by atoms with Gasteiger partial charge in [-0.3, -0.25) is 0 Å². The van der Waals surface area contributed by atoms with Gasteiger partial charge in [-0.2, -0.15) is 0 Å². The predicted octanol–water partition coefficient (Wildman–Crippen LogP) is 3.71. The summed E-state index contributed by atoms with van der Waals surface area (Å²) in [6, 6.07) is 8.63. The third kappa shape index (κ3) is 2.59. The van der Waals surface area contributed by atoms with Crippen LogP contribution in [-0.2, 0) is 11.2 Å². The number of halogens is 2. The van der Waals surface area contributed by atoms with Gasteiger partial charge in [-0.05, 0) is 53.8 Å². The number of hydrogen-bond acceptors (Lipinski definition) is 2. The van der Waals surface area contributed by atoms with Gasteiger partial charge in [0.05, 0.1) is 0 Å². The van der Waals surface area contributed by atoms with Crippen LogP contribution in [0, 0.1) is 11.6 Å². The average molecular weight is 289 g/mol. The van der Waals surface area contributed by atoms with Gasteiger partial charge in [-0.25, -0.2) is 13.6 Å². The number of carbonyl (C=O) groups is 1. The highest BCUT2D eigenvalue weighted by Gasteiger charge is 2.25. The molecule has 2 aromatic rings. The van der Waals surface area contributed by atoms with Crippen molar-refractivity contribution < 1.29 is 18.3 Å². The molecule has 0 spiro atoms. The third-order valence-electron chi connectivity index (χ3n) is 3.67. The van der Waals surface area contributed by atoms with E-state index in [0.717, 1.165) is 35.7 Å². The molecule has 0 fully saturated rings. The second-order valence-corrected chi connectivity index (χ2v) is 5.00. The molecule has 2 N–H and O–H groups in total. The number of fused-ring (bicyclic) bond motifs is 1. The number of hydrogen-bond donors (Lipinski definition) is 1. The Morgan fingerprint density at radius 3 is 2.76 bits per heavy atom. The summed E-state index contributed by atoms with van der Waals surface area (Å²) in [5.41, 5.74) is 7.61. The van der Waals surface area contributed by atoms with Crippen LogP contribution < -0.4 is 5.73 Å². The molecule has 1 unspecified atom stereocenters. The van der Waals surface area contributed by atoms with Crippen LogP contribution in [0.4, 0.5) is 13.6 Å². The number of carbonyl (C=O) groups excluding carboxylic acids is 1. The molecule has 3 nitrogen and oxygen atoms in total. The van der Waals surface area contributed by atoms with Crippen molar-refractivity contribution in [1.29, 1.82) is 0 Å². The summed E-state index contributed by atoms with van der Waals surface area (Å²) in [5, 5.41) is 0. The summed E-state index contributed by atoms with van der Waals surface area (Å²) in [5.74, 6) is -1.00. The van der Waals surface area contributed by atoms with E-state index in [0.29, 0.717) is 12.0 Å². The number of primary amides is 1. The summed E-state index contributed by atoms with van der Waals surface area (Å²) in [6.07, 6.45) is 0.149. The van der Waals surface area contributed by atoms with Crippen molar-refractivity contribution in [1.82, 2.24) is 0 Å². The number of benzene rings is 2.